The van der Waals surface area contributed by atoms with Crippen LogP contribution in [0.15, 0.2) is 45.8 Å². The Hall–Kier alpha value is -1.62. The van der Waals surface area contributed by atoms with E-state index < -0.39 is 0 Å². The third-order valence-electron chi connectivity index (χ3n) is 2.75. The van der Waals surface area contributed by atoms with E-state index in [2.05, 4.69) is 26.3 Å². The van der Waals surface area contributed by atoms with Gasteiger partial charge in [0.15, 0.2) is 0 Å². The number of hydrogen-bond acceptors (Lipinski definition) is 3. The molecule has 0 aliphatic heterocycles. The van der Waals surface area contributed by atoms with E-state index in [4.69, 9.17) is 0 Å². The minimum absolute atomic E-state index is 0.108. The van der Waals surface area contributed by atoms with Gasteiger partial charge in [0.2, 0.25) is 0 Å². The Morgan fingerprint density at radius 3 is 2.67 bits per heavy atom. The predicted molar refractivity (Wildman–Crippen MR) is 75.7 cm³/mol. The molecule has 1 N–H and O–H groups in total. The summed E-state index contributed by atoms with van der Waals surface area (Å²) in [6.07, 6.45) is 1.64. The zero-order chi connectivity index (χ0) is 13.1. The van der Waals surface area contributed by atoms with Crippen LogP contribution >= 0.6 is 15.9 Å². The molecule has 1 atom stereocenters. The highest BCUT2D eigenvalue weighted by Gasteiger charge is 2.10. The third-order valence-corrected chi connectivity index (χ3v) is 3.52. The minimum Gasteiger partial charge on any atom is -0.376 e. The second-order valence-corrected chi connectivity index (χ2v) is 4.87. The van der Waals surface area contributed by atoms with Gasteiger partial charge in [-0.25, -0.2) is 4.68 Å². The molecule has 0 spiro atoms. The van der Waals surface area contributed by atoms with Gasteiger partial charge in [-0.15, -0.1) is 0 Å². The fourth-order valence-corrected chi connectivity index (χ4v) is 2.14. The normalized spacial score (nSPS) is 12.2. The van der Waals surface area contributed by atoms with Gasteiger partial charge in [-0.3, -0.25) is 4.79 Å². The maximum Gasteiger partial charge on any atom is 0.282 e. The fourth-order valence-electron chi connectivity index (χ4n) is 1.67. The maximum absolute atomic E-state index is 11.7. The molecular weight excluding hydrogens is 294 g/mol. The summed E-state index contributed by atoms with van der Waals surface area (Å²) >= 11 is 3.30. The van der Waals surface area contributed by atoms with Crippen molar-refractivity contribution < 1.29 is 0 Å². The maximum atomic E-state index is 11.7. The topological polar surface area (TPSA) is 46.9 Å². The van der Waals surface area contributed by atoms with E-state index in [-0.39, 0.29) is 11.6 Å². The van der Waals surface area contributed by atoms with E-state index in [0.29, 0.717) is 10.2 Å². The summed E-state index contributed by atoms with van der Waals surface area (Å²) in [5, 5.41) is 7.27. The molecule has 1 unspecified atom stereocenters. The number of halogens is 1. The van der Waals surface area contributed by atoms with E-state index >= 15 is 0 Å². The first-order valence-corrected chi connectivity index (χ1v) is 6.42. The average molecular weight is 308 g/mol. The van der Waals surface area contributed by atoms with Crippen LogP contribution in [0, 0.1) is 0 Å². The minimum atomic E-state index is -0.153. The molecule has 0 bridgehead atoms. The summed E-state index contributed by atoms with van der Waals surface area (Å²) in [5.41, 5.74) is 1.71. The van der Waals surface area contributed by atoms with Crippen LogP contribution in [0.25, 0.3) is 0 Å². The second kappa shape index (κ2) is 5.35. The van der Waals surface area contributed by atoms with Crippen molar-refractivity contribution >= 4 is 21.6 Å². The lowest BCUT2D eigenvalue weighted by Gasteiger charge is -2.16. The summed E-state index contributed by atoms with van der Waals surface area (Å²) in [6.45, 7) is 2.04. The van der Waals surface area contributed by atoms with Crippen LogP contribution in [0.5, 0.6) is 0 Å². The van der Waals surface area contributed by atoms with Crippen LogP contribution in [0.2, 0.25) is 0 Å². The first kappa shape index (κ1) is 12.8. The van der Waals surface area contributed by atoms with Crippen molar-refractivity contribution in [1.29, 1.82) is 0 Å². The SMILES string of the molecule is CC(Nc1cnn(C)c(=O)c1Br)c1ccccc1. The standard InChI is InChI=1S/C13H14BrN3O/c1-9(10-6-4-3-5-7-10)16-11-8-15-17(2)13(18)12(11)14/h3-9,16H,1-2H3. The molecule has 18 heavy (non-hydrogen) atoms. The van der Waals surface area contributed by atoms with Crippen molar-refractivity contribution in [3.05, 3.63) is 56.9 Å². The highest BCUT2D eigenvalue weighted by atomic mass is 79.9. The van der Waals surface area contributed by atoms with Crippen LogP contribution in [-0.4, -0.2) is 9.78 Å². The molecule has 0 aliphatic carbocycles. The number of aryl methyl sites for hydroxylation is 1. The molecule has 0 amide bonds. The number of nitrogens with one attached hydrogen (secondary N) is 1. The molecule has 0 fully saturated rings. The molecule has 2 rings (SSSR count). The van der Waals surface area contributed by atoms with Crippen molar-refractivity contribution in [2.24, 2.45) is 7.05 Å². The van der Waals surface area contributed by atoms with Gasteiger partial charge in [-0.1, -0.05) is 30.3 Å². The Morgan fingerprint density at radius 1 is 1.33 bits per heavy atom. The Morgan fingerprint density at radius 2 is 2.00 bits per heavy atom. The van der Waals surface area contributed by atoms with Gasteiger partial charge in [-0.2, -0.15) is 5.10 Å². The molecule has 1 heterocycles. The van der Waals surface area contributed by atoms with Gasteiger partial charge in [0.1, 0.15) is 4.47 Å². The quantitative estimate of drug-likeness (QED) is 0.948. The number of rotatable bonds is 3. The molecule has 94 valence electrons. The van der Waals surface area contributed by atoms with Crippen LogP contribution in [0.3, 0.4) is 0 Å². The van der Waals surface area contributed by atoms with E-state index in [1.165, 1.54) is 4.68 Å². The second-order valence-electron chi connectivity index (χ2n) is 4.08. The van der Waals surface area contributed by atoms with Gasteiger partial charge in [0, 0.05) is 13.1 Å². The van der Waals surface area contributed by atoms with Crippen molar-refractivity contribution in [3.8, 4) is 0 Å². The van der Waals surface area contributed by atoms with E-state index in [1.807, 2.05) is 37.3 Å². The molecule has 4 nitrogen and oxygen atoms in total. The lowest BCUT2D eigenvalue weighted by Crippen LogP contribution is -2.22. The first-order chi connectivity index (χ1) is 8.59. The monoisotopic (exact) mass is 307 g/mol. The molecule has 1 aromatic heterocycles. The summed E-state index contributed by atoms with van der Waals surface area (Å²) in [5.74, 6) is 0. The van der Waals surface area contributed by atoms with Crippen LogP contribution in [0.1, 0.15) is 18.5 Å². The van der Waals surface area contributed by atoms with Crippen LogP contribution in [-0.2, 0) is 7.05 Å². The van der Waals surface area contributed by atoms with Crippen LogP contribution < -0.4 is 10.9 Å². The summed E-state index contributed by atoms with van der Waals surface area (Å²) in [4.78, 5) is 11.7. The lowest BCUT2D eigenvalue weighted by atomic mass is 10.1. The number of aromatic nitrogens is 2. The Balaban J connectivity index is 2.25. The molecule has 5 heteroatoms. The molecular formula is C13H14BrN3O. The zero-order valence-corrected chi connectivity index (χ0v) is 11.8. The van der Waals surface area contributed by atoms with Crippen molar-refractivity contribution in [1.82, 2.24) is 9.78 Å². The molecule has 0 saturated heterocycles. The zero-order valence-electron chi connectivity index (χ0n) is 10.2. The lowest BCUT2D eigenvalue weighted by molar-refractivity contribution is 0.701. The molecule has 1 aromatic carbocycles. The van der Waals surface area contributed by atoms with Crippen LogP contribution in [0.4, 0.5) is 5.69 Å². The van der Waals surface area contributed by atoms with Crippen molar-refractivity contribution in [2.75, 3.05) is 5.32 Å². The number of benzene rings is 1. The number of anilines is 1. The fraction of sp³-hybridized carbons (Fsp3) is 0.231. The Labute approximate surface area is 114 Å². The van der Waals surface area contributed by atoms with E-state index in [9.17, 15) is 4.79 Å². The van der Waals surface area contributed by atoms with Gasteiger partial charge >= 0.3 is 0 Å². The number of nitrogens with zero attached hydrogens (tertiary/aromatic N) is 2. The highest BCUT2D eigenvalue weighted by molar-refractivity contribution is 9.10. The molecule has 0 radical (unpaired) electrons. The van der Waals surface area contributed by atoms with Gasteiger partial charge in [0.05, 0.1) is 11.9 Å². The van der Waals surface area contributed by atoms with E-state index in [1.54, 1.807) is 13.2 Å². The molecule has 2 aromatic rings. The predicted octanol–water partition coefficient (Wildman–Crippen LogP) is 2.72. The molecule has 0 aliphatic rings. The van der Waals surface area contributed by atoms with Gasteiger partial charge in [-0.05, 0) is 28.4 Å². The van der Waals surface area contributed by atoms with Gasteiger partial charge < -0.3 is 5.32 Å². The van der Waals surface area contributed by atoms with Gasteiger partial charge in [0.25, 0.3) is 5.56 Å². The summed E-state index contributed by atoms with van der Waals surface area (Å²) < 4.78 is 1.80. The molecule has 0 saturated carbocycles. The van der Waals surface area contributed by atoms with Crippen molar-refractivity contribution in [3.63, 3.8) is 0 Å². The van der Waals surface area contributed by atoms with Crippen molar-refractivity contribution in [2.45, 2.75) is 13.0 Å². The first-order valence-electron chi connectivity index (χ1n) is 5.63. The third kappa shape index (κ3) is 2.61. The number of hydrogen-bond donors (Lipinski definition) is 1. The average Bonchev–Trinajstić information content (AvgIpc) is 2.40. The Kier molecular flexibility index (Phi) is 3.81. The smallest absolute Gasteiger partial charge is 0.282 e. The summed E-state index contributed by atoms with van der Waals surface area (Å²) in [7, 11) is 1.62. The Bertz CT molecular complexity index is 595. The van der Waals surface area contributed by atoms with E-state index in [0.717, 1.165) is 5.56 Å². The highest BCUT2D eigenvalue weighted by Crippen LogP contribution is 2.22. The summed E-state index contributed by atoms with van der Waals surface area (Å²) in [6, 6.07) is 10.2. The largest absolute Gasteiger partial charge is 0.376 e.